The Hall–Kier alpha value is -3.77. The summed E-state index contributed by atoms with van der Waals surface area (Å²) in [6, 6.07) is 10.4. The fourth-order valence-electron chi connectivity index (χ4n) is 5.08. The van der Waals surface area contributed by atoms with Crippen molar-refractivity contribution in [2.45, 2.75) is 64.7 Å². The molecule has 0 atom stereocenters. The van der Waals surface area contributed by atoms with Crippen molar-refractivity contribution in [3.05, 3.63) is 58.7 Å². The molecule has 1 N–H and O–H groups in total. The number of oxime groups is 1. The van der Waals surface area contributed by atoms with Crippen LogP contribution in [0, 0.1) is 5.41 Å². The van der Waals surface area contributed by atoms with E-state index < -0.39 is 33.6 Å². The highest BCUT2D eigenvalue weighted by Crippen LogP contribution is 2.52. The Morgan fingerprint density at radius 1 is 0.778 bits per heavy atom. The van der Waals surface area contributed by atoms with Crippen LogP contribution in [-0.4, -0.2) is 65.3 Å². The highest BCUT2D eigenvalue weighted by Gasteiger charge is 2.45. The molecule has 2 aromatic rings. The van der Waals surface area contributed by atoms with Crippen molar-refractivity contribution in [3.63, 3.8) is 0 Å². The first kappa shape index (κ1) is 35.7. The number of Topliss-reactive ketones (excluding diaryl/α,β-unsaturated/α-hetero) is 2. The second kappa shape index (κ2) is 16.5. The van der Waals surface area contributed by atoms with E-state index in [4.69, 9.17) is 19.7 Å². The summed E-state index contributed by atoms with van der Waals surface area (Å²) >= 11 is 1.83. The largest absolute Gasteiger partial charge is 0.461 e. The fraction of sp³-hybridized carbons (Fsp3) is 0.424. The van der Waals surface area contributed by atoms with Gasteiger partial charge >= 0.3 is 16.6 Å². The lowest BCUT2D eigenvalue weighted by Crippen LogP contribution is -2.33. The number of methoxy groups -OCH3 is 2. The van der Waals surface area contributed by atoms with E-state index in [-0.39, 0.29) is 28.5 Å². The number of hydrogen-bond donors (Lipinski definition) is 1. The highest BCUT2D eigenvalue weighted by atomic mass is 32.2. The second-order valence-corrected chi connectivity index (χ2v) is 12.4. The van der Waals surface area contributed by atoms with Gasteiger partial charge in [0, 0.05) is 35.0 Å². The van der Waals surface area contributed by atoms with Crippen molar-refractivity contribution in [1.29, 1.82) is 5.41 Å². The van der Waals surface area contributed by atoms with Crippen LogP contribution in [0.2, 0.25) is 0 Å². The molecule has 0 saturated carbocycles. The van der Waals surface area contributed by atoms with Crippen LogP contribution in [0.15, 0.2) is 41.6 Å². The lowest BCUT2D eigenvalue weighted by molar-refractivity contribution is -0.140. The zero-order valence-electron chi connectivity index (χ0n) is 26.2. The average molecular weight is 655 g/mol. The molecule has 1 aliphatic rings. The number of unbranched alkanes of at least 4 members (excludes halogenated alkanes) is 2. The topological polar surface area (TPSA) is 149 Å². The SMILES string of the molecule is CCCCC(=N)C(=O)c1ccc2c(c1)C(CSC(=O)OC)(CSC(=O)OC)c1cc(C(=O)/C(CCCC)=N/OC(C)=O)ccc1-2. The maximum Gasteiger partial charge on any atom is 0.367 e. The molecule has 0 saturated heterocycles. The van der Waals surface area contributed by atoms with E-state index in [9.17, 15) is 24.0 Å². The molecule has 12 heteroatoms. The summed E-state index contributed by atoms with van der Waals surface area (Å²) in [7, 11) is 2.55. The summed E-state index contributed by atoms with van der Waals surface area (Å²) in [5.74, 6) is -1.21. The van der Waals surface area contributed by atoms with Gasteiger partial charge in [-0.05, 0) is 83.6 Å². The van der Waals surface area contributed by atoms with Crippen molar-refractivity contribution in [2.75, 3.05) is 25.7 Å². The number of carbonyl (C=O) groups excluding carboxylic acids is 5. The van der Waals surface area contributed by atoms with Crippen molar-refractivity contribution >= 4 is 63.1 Å². The third-order valence-electron chi connectivity index (χ3n) is 7.46. The first-order valence-electron chi connectivity index (χ1n) is 14.6. The predicted octanol–water partition coefficient (Wildman–Crippen LogP) is 7.64. The van der Waals surface area contributed by atoms with Crippen LogP contribution in [-0.2, 0) is 24.5 Å². The Morgan fingerprint density at radius 2 is 1.27 bits per heavy atom. The molecule has 10 nitrogen and oxygen atoms in total. The van der Waals surface area contributed by atoms with Gasteiger partial charge in [0.1, 0.15) is 5.71 Å². The van der Waals surface area contributed by atoms with Crippen molar-refractivity contribution in [1.82, 2.24) is 0 Å². The molecular formula is C33H38N2O8S2. The summed E-state index contributed by atoms with van der Waals surface area (Å²) in [6.45, 7) is 5.16. The number of fused-ring (bicyclic) bond motifs is 3. The van der Waals surface area contributed by atoms with Gasteiger partial charge in [-0.15, -0.1) is 0 Å². The molecule has 0 amide bonds. The number of hydrogen-bond acceptors (Lipinski definition) is 12. The monoisotopic (exact) mass is 654 g/mol. The first-order chi connectivity index (χ1) is 21.5. The molecule has 0 fully saturated rings. The summed E-state index contributed by atoms with van der Waals surface area (Å²) < 4.78 is 9.84. The molecule has 0 aliphatic heterocycles. The third-order valence-corrected chi connectivity index (χ3v) is 9.54. The van der Waals surface area contributed by atoms with Gasteiger partial charge in [0.05, 0.1) is 19.9 Å². The molecule has 0 radical (unpaired) electrons. The molecule has 0 unspecified atom stereocenters. The van der Waals surface area contributed by atoms with Crippen molar-refractivity contribution < 1.29 is 38.3 Å². The highest BCUT2D eigenvalue weighted by molar-refractivity contribution is 8.14. The minimum Gasteiger partial charge on any atom is -0.461 e. The molecule has 0 spiro atoms. The van der Waals surface area contributed by atoms with Gasteiger partial charge < -0.3 is 19.7 Å². The maximum absolute atomic E-state index is 13.7. The van der Waals surface area contributed by atoms with Gasteiger partial charge in [-0.2, -0.15) is 0 Å². The Labute approximate surface area is 271 Å². The van der Waals surface area contributed by atoms with Gasteiger partial charge in [-0.25, -0.2) is 14.4 Å². The molecule has 3 rings (SSSR count). The van der Waals surface area contributed by atoms with E-state index in [1.165, 1.54) is 21.1 Å². The minimum atomic E-state index is -1.04. The van der Waals surface area contributed by atoms with E-state index in [0.29, 0.717) is 42.4 Å². The number of nitrogens with one attached hydrogen (secondary N) is 1. The molecule has 1 aliphatic carbocycles. The normalized spacial score (nSPS) is 13.0. The number of ether oxygens (including phenoxy) is 2. The van der Waals surface area contributed by atoms with Crippen LogP contribution < -0.4 is 0 Å². The van der Waals surface area contributed by atoms with Gasteiger partial charge in [0.15, 0.2) is 0 Å². The smallest absolute Gasteiger partial charge is 0.367 e. The molecule has 240 valence electrons. The van der Waals surface area contributed by atoms with Crippen LogP contribution in [0.1, 0.15) is 91.1 Å². The quantitative estimate of drug-likeness (QED) is 0.0667. The molecule has 2 aromatic carbocycles. The summed E-state index contributed by atoms with van der Waals surface area (Å²) in [5.41, 5.74) is 2.57. The van der Waals surface area contributed by atoms with Crippen molar-refractivity contribution in [3.8, 4) is 11.1 Å². The maximum atomic E-state index is 13.7. The minimum absolute atomic E-state index is 0.00495. The fourth-order valence-corrected chi connectivity index (χ4v) is 7.00. The Kier molecular flexibility index (Phi) is 13.1. The molecule has 0 bridgehead atoms. The number of rotatable bonds is 15. The lowest BCUT2D eigenvalue weighted by atomic mass is 9.80. The first-order valence-corrected chi connectivity index (χ1v) is 16.6. The van der Waals surface area contributed by atoms with Crippen LogP contribution in [0.5, 0.6) is 0 Å². The number of ketones is 2. The number of nitrogens with zero attached hydrogens (tertiary/aromatic N) is 1. The molecule has 0 aromatic heterocycles. The van der Waals surface area contributed by atoms with Crippen LogP contribution in [0.25, 0.3) is 11.1 Å². The van der Waals surface area contributed by atoms with Gasteiger partial charge in [0.2, 0.25) is 11.6 Å². The standard InChI is InChI=1S/C33H38N2O8S2/c1-6-8-10-27(34)29(37)21-12-14-23-24-15-13-22(30(38)28(11-9-7-2)35-43-20(3)36)17-26(24)33(25(23)16-21,18-44-31(39)41-4)19-45-32(40)42-5/h12-17,34H,6-11,18-19H2,1-5H3/b34-27?,35-28+. The van der Waals surface area contributed by atoms with Crippen LogP contribution in [0.3, 0.4) is 0 Å². The van der Waals surface area contributed by atoms with E-state index in [1.54, 1.807) is 36.4 Å². The number of benzene rings is 2. The summed E-state index contributed by atoms with van der Waals surface area (Å²) in [4.78, 5) is 68.2. The van der Waals surface area contributed by atoms with E-state index in [0.717, 1.165) is 47.5 Å². The average Bonchev–Trinajstić information content (AvgIpc) is 3.32. The van der Waals surface area contributed by atoms with E-state index in [1.807, 2.05) is 13.8 Å². The molecule has 0 heterocycles. The molecule has 45 heavy (non-hydrogen) atoms. The predicted molar refractivity (Wildman–Crippen MR) is 177 cm³/mol. The van der Waals surface area contributed by atoms with Crippen LogP contribution in [0.4, 0.5) is 9.59 Å². The number of thioether (sulfide) groups is 2. The van der Waals surface area contributed by atoms with Gasteiger partial charge in [0.25, 0.3) is 0 Å². The Morgan fingerprint density at radius 3 is 1.73 bits per heavy atom. The summed E-state index contributed by atoms with van der Waals surface area (Å²) in [5, 5.41) is 11.1. The Bertz CT molecular complexity index is 1500. The number of carbonyl (C=O) groups is 5. The summed E-state index contributed by atoms with van der Waals surface area (Å²) in [6.07, 6.45) is 3.67. The van der Waals surface area contributed by atoms with Crippen LogP contribution >= 0.6 is 23.5 Å². The Balaban J connectivity index is 2.23. The van der Waals surface area contributed by atoms with E-state index in [2.05, 4.69) is 5.16 Å². The lowest BCUT2D eigenvalue weighted by Gasteiger charge is -2.31. The second-order valence-electron chi connectivity index (χ2n) is 10.6. The zero-order chi connectivity index (χ0) is 33.1. The van der Waals surface area contributed by atoms with Gasteiger partial charge in [-0.3, -0.25) is 9.59 Å². The van der Waals surface area contributed by atoms with E-state index >= 15 is 0 Å². The van der Waals surface area contributed by atoms with Gasteiger partial charge in [-0.1, -0.05) is 56.1 Å². The zero-order valence-corrected chi connectivity index (χ0v) is 27.8. The molecular weight excluding hydrogens is 617 g/mol. The van der Waals surface area contributed by atoms with Crippen molar-refractivity contribution in [2.24, 2.45) is 5.16 Å². The third kappa shape index (κ3) is 8.49.